The maximum absolute atomic E-state index is 5.45. The first kappa shape index (κ1) is 9.64. The maximum atomic E-state index is 5.45. The quantitative estimate of drug-likeness (QED) is 0.484. The Hall–Kier alpha value is -0.450. The zero-order chi connectivity index (χ0) is 8.97. The third-order valence-electron chi connectivity index (χ3n) is 1.48. The Labute approximate surface area is 86.1 Å². The van der Waals surface area contributed by atoms with Gasteiger partial charge >= 0.3 is 0 Å². The predicted molar refractivity (Wildman–Crippen MR) is 56.5 cm³/mol. The summed E-state index contributed by atoms with van der Waals surface area (Å²) in [7, 11) is 0. The molecule has 0 aliphatic heterocycles. The molecule has 0 nitrogen and oxygen atoms in total. The van der Waals surface area contributed by atoms with Gasteiger partial charge in [0.2, 0.25) is 0 Å². The van der Waals surface area contributed by atoms with Crippen LogP contribution in [0.3, 0.4) is 0 Å². The molecule has 0 aliphatic carbocycles. The molecule has 2 heteroatoms. The van der Waals surface area contributed by atoms with E-state index in [0.717, 1.165) is 10.0 Å². The van der Waals surface area contributed by atoms with Crippen LogP contribution in [0.1, 0.15) is 11.1 Å². The molecule has 12 heavy (non-hydrogen) atoms. The first-order valence-electron chi connectivity index (χ1n) is 3.55. The molecule has 0 heterocycles. The Bertz CT molecular complexity index is 333. The predicted octanol–water partition coefficient (Wildman–Crippen LogP) is 3.35. The summed E-state index contributed by atoms with van der Waals surface area (Å²) in [4.78, 5) is 0. The van der Waals surface area contributed by atoms with Crippen molar-refractivity contribution >= 4 is 27.5 Å². The van der Waals surface area contributed by atoms with Crippen LogP contribution in [0.4, 0.5) is 0 Å². The fourth-order valence-corrected chi connectivity index (χ4v) is 1.44. The number of rotatable bonds is 0. The van der Waals surface area contributed by atoms with Crippen LogP contribution in [0.5, 0.6) is 0 Å². The molecule has 1 rings (SSSR count). The van der Waals surface area contributed by atoms with Crippen LogP contribution < -0.4 is 0 Å². The van der Waals surface area contributed by atoms with E-state index in [1.54, 1.807) is 0 Å². The van der Waals surface area contributed by atoms with Crippen molar-refractivity contribution in [3.8, 4) is 11.8 Å². The van der Waals surface area contributed by atoms with E-state index in [2.05, 4.69) is 27.8 Å². The van der Waals surface area contributed by atoms with Gasteiger partial charge in [-0.15, -0.1) is 11.6 Å². The highest BCUT2D eigenvalue weighted by Gasteiger charge is 1.93. The summed E-state index contributed by atoms with van der Waals surface area (Å²) in [6.45, 7) is 2.03. The molecule has 0 aliphatic rings. The number of halogens is 2. The molecule has 0 saturated carbocycles. The molecule has 0 bridgehead atoms. The van der Waals surface area contributed by atoms with Crippen LogP contribution in [0.25, 0.3) is 0 Å². The van der Waals surface area contributed by atoms with Gasteiger partial charge in [-0.2, -0.15) is 0 Å². The van der Waals surface area contributed by atoms with Gasteiger partial charge in [-0.25, -0.2) is 0 Å². The molecule has 1 aromatic rings. The van der Waals surface area contributed by atoms with E-state index < -0.39 is 0 Å². The van der Waals surface area contributed by atoms with E-state index in [1.165, 1.54) is 5.56 Å². The number of hydrogen-bond donors (Lipinski definition) is 0. The standard InChI is InChI=1S/C10H8BrCl/c1-8-7-10(11)5-4-9(8)3-2-6-12/h4-5,7H,6H2,1H3. The summed E-state index contributed by atoms with van der Waals surface area (Å²) in [5.41, 5.74) is 2.21. The lowest BCUT2D eigenvalue weighted by Crippen LogP contribution is -1.81. The average Bonchev–Trinajstić information content (AvgIpc) is 2.03. The highest BCUT2D eigenvalue weighted by molar-refractivity contribution is 9.10. The topological polar surface area (TPSA) is 0 Å². The second kappa shape index (κ2) is 4.54. The molecule has 0 N–H and O–H groups in total. The van der Waals surface area contributed by atoms with Crippen LogP contribution in [-0.4, -0.2) is 5.88 Å². The van der Waals surface area contributed by atoms with Gasteiger partial charge in [-0.05, 0) is 30.7 Å². The molecule has 0 saturated heterocycles. The molecule has 0 radical (unpaired) electrons. The molecule has 0 fully saturated rings. The van der Waals surface area contributed by atoms with Gasteiger partial charge in [0, 0.05) is 10.0 Å². The monoisotopic (exact) mass is 242 g/mol. The second-order valence-electron chi connectivity index (χ2n) is 2.39. The molecule has 0 spiro atoms. The van der Waals surface area contributed by atoms with Crippen molar-refractivity contribution < 1.29 is 0 Å². The molecular formula is C10H8BrCl. The van der Waals surface area contributed by atoms with Gasteiger partial charge in [0.25, 0.3) is 0 Å². The van der Waals surface area contributed by atoms with Gasteiger partial charge in [0.15, 0.2) is 0 Å². The van der Waals surface area contributed by atoms with Gasteiger partial charge in [-0.1, -0.05) is 27.8 Å². The van der Waals surface area contributed by atoms with Crippen molar-refractivity contribution in [2.24, 2.45) is 0 Å². The summed E-state index contributed by atoms with van der Waals surface area (Å²) in [6, 6.07) is 6.00. The lowest BCUT2D eigenvalue weighted by Gasteiger charge is -1.97. The number of benzene rings is 1. The summed E-state index contributed by atoms with van der Waals surface area (Å²) >= 11 is 8.84. The highest BCUT2D eigenvalue weighted by atomic mass is 79.9. The summed E-state index contributed by atoms with van der Waals surface area (Å²) in [6.07, 6.45) is 0. The van der Waals surface area contributed by atoms with E-state index in [0.29, 0.717) is 5.88 Å². The van der Waals surface area contributed by atoms with E-state index >= 15 is 0 Å². The lowest BCUT2D eigenvalue weighted by molar-refractivity contribution is 1.42. The van der Waals surface area contributed by atoms with E-state index in [9.17, 15) is 0 Å². The van der Waals surface area contributed by atoms with Gasteiger partial charge < -0.3 is 0 Å². The van der Waals surface area contributed by atoms with Crippen LogP contribution in [0.15, 0.2) is 22.7 Å². The number of hydrogen-bond acceptors (Lipinski definition) is 0. The summed E-state index contributed by atoms with van der Waals surface area (Å²) in [5, 5.41) is 0. The van der Waals surface area contributed by atoms with Crippen molar-refractivity contribution in [3.05, 3.63) is 33.8 Å². The third kappa shape index (κ3) is 2.55. The Morgan fingerprint density at radius 1 is 1.50 bits per heavy atom. The fourth-order valence-electron chi connectivity index (χ4n) is 0.896. The Kier molecular flexibility index (Phi) is 3.65. The molecule has 0 unspecified atom stereocenters. The zero-order valence-electron chi connectivity index (χ0n) is 6.70. The SMILES string of the molecule is Cc1cc(Br)ccc1C#CCCl. The van der Waals surface area contributed by atoms with Crippen molar-refractivity contribution in [1.29, 1.82) is 0 Å². The molecule has 0 amide bonds. The molecule has 0 atom stereocenters. The van der Waals surface area contributed by atoms with Crippen LogP contribution in [-0.2, 0) is 0 Å². The molecule has 0 aromatic heterocycles. The van der Waals surface area contributed by atoms with Crippen LogP contribution in [0, 0.1) is 18.8 Å². The second-order valence-corrected chi connectivity index (χ2v) is 3.58. The lowest BCUT2D eigenvalue weighted by atomic mass is 10.1. The van der Waals surface area contributed by atoms with Gasteiger partial charge in [0.05, 0.1) is 5.88 Å². The third-order valence-corrected chi connectivity index (χ3v) is 2.11. The average molecular weight is 244 g/mol. The van der Waals surface area contributed by atoms with Crippen molar-refractivity contribution in [2.45, 2.75) is 6.92 Å². The highest BCUT2D eigenvalue weighted by Crippen LogP contribution is 2.14. The minimum absolute atomic E-state index is 0.384. The van der Waals surface area contributed by atoms with Crippen molar-refractivity contribution in [3.63, 3.8) is 0 Å². The largest absolute Gasteiger partial charge is 0.113 e. The van der Waals surface area contributed by atoms with E-state index in [-0.39, 0.29) is 0 Å². The normalized spacial score (nSPS) is 8.92. The first-order valence-corrected chi connectivity index (χ1v) is 4.88. The minimum atomic E-state index is 0.384. The molecular weight excluding hydrogens is 235 g/mol. The number of aryl methyl sites for hydroxylation is 1. The molecule has 62 valence electrons. The van der Waals surface area contributed by atoms with Crippen LogP contribution in [0.2, 0.25) is 0 Å². The van der Waals surface area contributed by atoms with E-state index in [1.807, 2.05) is 25.1 Å². The van der Waals surface area contributed by atoms with Crippen molar-refractivity contribution in [2.75, 3.05) is 5.88 Å². The Morgan fingerprint density at radius 3 is 2.83 bits per heavy atom. The Morgan fingerprint density at radius 2 is 2.25 bits per heavy atom. The fraction of sp³-hybridized carbons (Fsp3) is 0.200. The Balaban J connectivity index is 3.01. The maximum Gasteiger partial charge on any atom is 0.0839 e. The van der Waals surface area contributed by atoms with E-state index in [4.69, 9.17) is 11.6 Å². The van der Waals surface area contributed by atoms with Gasteiger partial charge in [-0.3, -0.25) is 0 Å². The van der Waals surface area contributed by atoms with Crippen molar-refractivity contribution in [1.82, 2.24) is 0 Å². The van der Waals surface area contributed by atoms with Crippen LogP contribution >= 0.6 is 27.5 Å². The summed E-state index contributed by atoms with van der Waals surface area (Å²) < 4.78 is 1.08. The molecule has 1 aromatic carbocycles. The van der Waals surface area contributed by atoms with Gasteiger partial charge in [0.1, 0.15) is 0 Å². The number of alkyl halides is 1. The first-order chi connectivity index (χ1) is 5.74. The smallest absolute Gasteiger partial charge is 0.0839 e. The minimum Gasteiger partial charge on any atom is -0.113 e. The zero-order valence-corrected chi connectivity index (χ0v) is 9.04. The summed E-state index contributed by atoms with van der Waals surface area (Å²) in [5.74, 6) is 6.20.